The molecule has 1 fully saturated rings. The molecule has 3 rings (SSSR count). The van der Waals surface area contributed by atoms with E-state index in [2.05, 4.69) is 5.32 Å². The summed E-state index contributed by atoms with van der Waals surface area (Å²) < 4.78 is 56.6. The molecule has 0 spiro atoms. The van der Waals surface area contributed by atoms with Gasteiger partial charge in [-0.2, -0.15) is 4.31 Å². The van der Waals surface area contributed by atoms with Gasteiger partial charge in [0.25, 0.3) is 0 Å². The Labute approximate surface area is 229 Å². The Balaban J connectivity index is 1.95. The number of aliphatic hydroxyl groups excluding tert-OH is 1. The Morgan fingerprint density at radius 2 is 1.79 bits per heavy atom. The van der Waals surface area contributed by atoms with E-state index in [0.29, 0.717) is 25.3 Å². The molecule has 0 bridgehead atoms. The molecule has 0 aromatic heterocycles. The summed E-state index contributed by atoms with van der Waals surface area (Å²) in [6, 6.07) is 13.7. The lowest BCUT2D eigenvalue weighted by Crippen LogP contribution is -2.54. The molecule has 2 aromatic rings. The average Bonchev–Trinajstić information content (AvgIpc) is 3.35. The van der Waals surface area contributed by atoms with Crippen molar-refractivity contribution in [1.29, 1.82) is 0 Å². The molecular formula is C25H38N3O9PS. The molecule has 14 heteroatoms. The third-order valence-electron chi connectivity index (χ3n) is 6.06. The van der Waals surface area contributed by atoms with Crippen molar-refractivity contribution in [3.05, 3.63) is 60.2 Å². The Kier molecular flexibility index (Phi) is 11.5. The van der Waals surface area contributed by atoms with Crippen LogP contribution in [0.4, 0.5) is 5.69 Å². The summed E-state index contributed by atoms with van der Waals surface area (Å²) in [4.78, 5) is 19.5. The van der Waals surface area contributed by atoms with Gasteiger partial charge in [-0.25, -0.2) is 13.0 Å². The van der Waals surface area contributed by atoms with Crippen LogP contribution in [0.5, 0.6) is 0 Å². The number of hydrogen-bond donors (Lipinski definition) is 5. The van der Waals surface area contributed by atoms with E-state index in [4.69, 9.17) is 19.7 Å². The van der Waals surface area contributed by atoms with Crippen LogP contribution in [0.1, 0.15) is 25.8 Å². The Hall–Kier alpha value is -1.90. The van der Waals surface area contributed by atoms with Crippen LogP contribution in [0.15, 0.2) is 59.5 Å². The molecule has 39 heavy (non-hydrogen) atoms. The van der Waals surface area contributed by atoms with Gasteiger partial charge >= 0.3 is 7.82 Å². The number of hydrogen-bond acceptors (Lipinski definition) is 9. The van der Waals surface area contributed by atoms with Crippen molar-refractivity contribution in [3.8, 4) is 0 Å². The average molecular weight is 588 g/mol. The van der Waals surface area contributed by atoms with Crippen LogP contribution in [-0.2, 0) is 35.0 Å². The lowest BCUT2D eigenvalue weighted by Gasteiger charge is -2.34. The number of phosphoric acid groups is 1. The number of nitrogens with zero attached hydrogens (tertiary/aromatic N) is 1. The molecule has 0 aliphatic carbocycles. The van der Waals surface area contributed by atoms with Gasteiger partial charge in [0.15, 0.2) is 0 Å². The molecule has 4 atom stereocenters. The van der Waals surface area contributed by atoms with Crippen LogP contribution in [0.2, 0.25) is 0 Å². The molecule has 2 aromatic carbocycles. The third kappa shape index (κ3) is 10.2. The topological polar surface area (TPSA) is 181 Å². The number of rotatable bonds is 15. The van der Waals surface area contributed by atoms with Crippen LogP contribution in [-0.4, -0.2) is 78.6 Å². The van der Waals surface area contributed by atoms with E-state index in [9.17, 15) is 27.9 Å². The smallest absolute Gasteiger partial charge is 0.399 e. The summed E-state index contributed by atoms with van der Waals surface area (Å²) in [6.45, 7) is 4.06. The highest BCUT2D eigenvalue weighted by atomic mass is 32.2. The fraction of sp³-hybridized carbons (Fsp3) is 0.520. The number of benzene rings is 2. The molecule has 6 N–H and O–H groups in total. The number of anilines is 1. The van der Waals surface area contributed by atoms with Crippen LogP contribution in [0.3, 0.4) is 0 Å². The van der Waals surface area contributed by atoms with Crippen LogP contribution >= 0.6 is 7.82 Å². The van der Waals surface area contributed by atoms with Crippen molar-refractivity contribution in [2.24, 2.45) is 5.92 Å². The maximum absolute atomic E-state index is 13.6. The predicted octanol–water partition coefficient (Wildman–Crippen LogP) is 1.68. The highest BCUT2D eigenvalue weighted by Gasteiger charge is 2.37. The number of sulfonamides is 1. The van der Waals surface area contributed by atoms with E-state index in [1.165, 1.54) is 24.3 Å². The zero-order valence-corrected chi connectivity index (χ0v) is 23.7. The van der Waals surface area contributed by atoms with Gasteiger partial charge in [-0.15, -0.1) is 0 Å². The van der Waals surface area contributed by atoms with Crippen molar-refractivity contribution < 1.29 is 41.9 Å². The van der Waals surface area contributed by atoms with Gasteiger partial charge in [-0.05, 0) is 48.6 Å². The Morgan fingerprint density at radius 1 is 1.13 bits per heavy atom. The highest BCUT2D eigenvalue weighted by molar-refractivity contribution is 7.89. The largest absolute Gasteiger partial charge is 0.469 e. The maximum atomic E-state index is 13.6. The first kappa shape index (κ1) is 31.6. The molecule has 12 nitrogen and oxygen atoms in total. The summed E-state index contributed by atoms with van der Waals surface area (Å²) >= 11 is 0. The van der Waals surface area contributed by atoms with Crippen LogP contribution in [0.25, 0.3) is 0 Å². The SMILES string of the molecule is CC(C)CN(C[C@@H](OP(=O)(O)O)[C@H](Cc1ccccc1)NC(O)O[C@H]1CCOC1)S(=O)(=O)c1ccc(N)cc1. The van der Waals surface area contributed by atoms with Crippen molar-refractivity contribution in [1.82, 2.24) is 9.62 Å². The number of ether oxygens (including phenoxy) is 2. The van der Waals surface area contributed by atoms with Gasteiger partial charge in [0, 0.05) is 31.4 Å². The van der Waals surface area contributed by atoms with E-state index in [1.807, 2.05) is 19.9 Å². The van der Waals surface area contributed by atoms with Crippen LogP contribution in [0, 0.1) is 5.92 Å². The zero-order chi connectivity index (χ0) is 28.6. The van der Waals surface area contributed by atoms with Gasteiger partial charge in [-0.3, -0.25) is 9.84 Å². The molecule has 0 radical (unpaired) electrons. The van der Waals surface area contributed by atoms with E-state index in [-0.39, 0.29) is 29.9 Å². The second-order valence-electron chi connectivity index (χ2n) is 9.86. The monoisotopic (exact) mass is 587 g/mol. The number of aliphatic hydroxyl groups is 1. The number of nitrogen functional groups attached to an aromatic ring is 1. The predicted molar refractivity (Wildman–Crippen MR) is 145 cm³/mol. The molecule has 1 unspecified atom stereocenters. The standard InChI is InChI=1S/C25H38N3O9PS/c1-18(2)15-28(39(33,34)22-10-8-20(26)9-11-22)16-24(37-38(30,31)32)23(14-19-6-4-3-5-7-19)27-25(29)36-21-12-13-35-17-21/h3-11,18,21,23-25,27,29H,12-17,26H2,1-2H3,(H2,30,31,32)/t21-,23-,24+,25?/m0/s1. The van der Waals surface area contributed by atoms with Gasteiger partial charge < -0.3 is 30.1 Å². The summed E-state index contributed by atoms with van der Waals surface area (Å²) in [5.41, 5.74) is 6.88. The molecule has 1 saturated heterocycles. The normalized spacial score (nSPS) is 18.9. The zero-order valence-electron chi connectivity index (χ0n) is 22.0. The summed E-state index contributed by atoms with van der Waals surface area (Å²) in [6.07, 6.45) is -2.56. The molecular weight excluding hydrogens is 549 g/mol. The first-order valence-corrected chi connectivity index (χ1v) is 15.6. The molecule has 218 valence electrons. The van der Waals surface area contributed by atoms with Crippen molar-refractivity contribution in [3.63, 3.8) is 0 Å². The second-order valence-corrected chi connectivity index (χ2v) is 13.0. The van der Waals surface area contributed by atoms with Gasteiger partial charge in [0.2, 0.25) is 16.4 Å². The lowest BCUT2D eigenvalue weighted by molar-refractivity contribution is -0.162. The minimum absolute atomic E-state index is 0.0237. The minimum Gasteiger partial charge on any atom is -0.399 e. The Morgan fingerprint density at radius 3 is 2.36 bits per heavy atom. The fourth-order valence-corrected chi connectivity index (χ4v) is 6.45. The number of nitrogens with one attached hydrogen (secondary N) is 1. The molecule has 1 heterocycles. The second kappa shape index (κ2) is 14.1. The van der Waals surface area contributed by atoms with Gasteiger partial charge in [0.05, 0.1) is 23.7 Å². The molecule has 0 amide bonds. The van der Waals surface area contributed by atoms with Crippen molar-refractivity contribution >= 4 is 23.5 Å². The number of nitrogens with two attached hydrogens (primary N) is 1. The molecule has 0 saturated carbocycles. The van der Waals surface area contributed by atoms with E-state index < -0.39 is 43.0 Å². The van der Waals surface area contributed by atoms with Gasteiger partial charge in [-0.1, -0.05) is 44.2 Å². The van der Waals surface area contributed by atoms with E-state index >= 15 is 0 Å². The molecule has 1 aliphatic rings. The summed E-state index contributed by atoms with van der Waals surface area (Å²) in [5, 5.41) is 13.5. The minimum atomic E-state index is -5.09. The maximum Gasteiger partial charge on any atom is 0.469 e. The summed E-state index contributed by atoms with van der Waals surface area (Å²) in [5.74, 6) is -0.124. The third-order valence-corrected chi connectivity index (χ3v) is 8.45. The lowest BCUT2D eigenvalue weighted by atomic mass is 10.0. The van der Waals surface area contributed by atoms with Crippen LogP contribution < -0.4 is 11.1 Å². The van der Waals surface area contributed by atoms with Crippen molar-refractivity contribution in [2.45, 2.75) is 56.2 Å². The fourth-order valence-electron chi connectivity index (χ4n) is 4.27. The quantitative estimate of drug-likeness (QED) is 0.116. The first-order chi connectivity index (χ1) is 18.3. The first-order valence-electron chi connectivity index (χ1n) is 12.6. The summed E-state index contributed by atoms with van der Waals surface area (Å²) in [7, 11) is -9.20. The highest BCUT2D eigenvalue weighted by Crippen LogP contribution is 2.39. The number of phosphoric ester groups is 1. The van der Waals surface area contributed by atoms with E-state index in [0.717, 1.165) is 9.87 Å². The van der Waals surface area contributed by atoms with E-state index in [1.54, 1.807) is 24.3 Å². The van der Waals surface area contributed by atoms with Crippen molar-refractivity contribution in [2.75, 3.05) is 32.0 Å². The van der Waals surface area contributed by atoms with Gasteiger partial charge in [0.1, 0.15) is 0 Å². The Bertz CT molecular complexity index is 1170. The molecule has 1 aliphatic heterocycles.